The molecule has 0 aromatic heterocycles. The van der Waals surface area contributed by atoms with Crippen LogP contribution in [0.5, 0.6) is 11.5 Å². The molecule has 0 saturated carbocycles. The van der Waals surface area contributed by atoms with Crippen LogP contribution in [-0.4, -0.2) is 12.5 Å². The first-order chi connectivity index (χ1) is 7.40. The van der Waals surface area contributed by atoms with Gasteiger partial charge in [0.05, 0.1) is 0 Å². The Balaban J connectivity index is 2.38. The number of rotatable bonds is 1. The monoisotopic (exact) mass is 272 g/mol. The summed E-state index contributed by atoms with van der Waals surface area (Å²) in [4.78, 5) is -0.884. The van der Waals surface area contributed by atoms with Crippen molar-refractivity contribution in [3.8, 4) is 11.5 Å². The second-order valence-corrected chi connectivity index (χ2v) is 4.20. The third-order valence-corrected chi connectivity index (χ3v) is 2.46. The molecule has 1 aliphatic heterocycles. The van der Waals surface area contributed by atoms with Crippen LogP contribution < -0.4 is 9.47 Å². The molecule has 1 unspecified atom stereocenters. The second-order valence-electron chi connectivity index (χ2n) is 3.10. The molecule has 1 aromatic rings. The first-order valence-electron chi connectivity index (χ1n) is 4.20. The van der Waals surface area contributed by atoms with Crippen LogP contribution in [0.4, 0.5) is 13.2 Å². The number of benzene rings is 1. The fourth-order valence-electron chi connectivity index (χ4n) is 1.21. The Labute approximate surface area is 98.9 Å². The molecule has 2 rings (SSSR count). The minimum absolute atomic E-state index is 0.115. The maximum atomic E-state index is 12.8. The van der Waals surface area contributed by atoms with Gasteiger partial charge in [-0.15, -0.1) is 23.2 Å². The van der Waals surface area contributed by atoms with Gasteiger partial charge in [0.2, 0.25) is 0 Å². The van der Waals surface area contributed by atoms with Crippen molar-refractivity contribution in [3.05, 3.63) is 23.8 Å². The van der Waals surface area contributed by atoms with Crippen molar-refractivity contribution in [2.75, 3.05) is 0 Å². The van der Waals surface area contributed by atoms with Crippen molar-refractivity contribution in [3.63, 3.8) is 0 Å². The van der Waals surface area contributed by atoms with Gasteiger partial charge in [0.25, 0.3) is 0 Å². The Bertz CT molecular complexity index is 412. The zero-order valence-corrected chi connectivity index (χ0v) is 9.10. The maximum Gasteiger partial charge on any atom is 0.468 e. The quantitative estimate of drug-likeness (QED) is 0.724. The summed E-state index contributed by atoms with van der Waals surface area (Å²) in [6, 6.07) is 3.88. The molecule has 0 spiro atoms. The van der Waals surface area contributed by atoms with Gasteiger partial charge in [0.1, 0.15) is 4.84 Å². The molecular formula is C9H5Cl2F3O2. The van der Waals surface area contributed by atoms with Crippen molar-refractivity contribution in [1.82, 2.24) is 0 Å². The van der Waals surface area contributed by atoms with E-state index < -0.39 is 17.3 Å². The molecule has 1 aromatic carbocycles. The molecule has 1 atom stereocenters. The lowest BCUT2D eigenvalue weighted by atomic mass is 10.2. The van der Waals surface area contributed by atoms with Gasteiger partial charge >= 0.3 is 12.5 Å². The van der Waals surface area contributed by atoms with Crippen LogP contribution in [0.1, 0.15) is 10.4 Å². The predicted octanol–water partition coefficient (Wildman–Crippen LogP) is 3.82. The highest BCUT2D eigenvalue weighted by Gasteiger charge is 2.49. The number of halogens is 5. The molecule has 2 nitrogen and oxygen atoms in total. The van der Waals surface area contributed by atoms with Gasteiger partial charge in [-0.25, -0.2) is 0 Å². The molecule has 0 amide bonds. The van der Waals surface area contributed by atoms with Gasteiger partial charge in [0, 0.05) is 0 Å². The minimum atomic E-state index is -4.01. The van der Waals surface area contributed by atoms with Crippen molar-refractivity contribution in [1.29, 1.82) is 0 Å². The Kier molecular flexibility index (Phi) is 2.84. The Morgan fingerprint density at radius 1 is 1.25 bits per heavy atom. The fraction of sp³-hybridized carbons (Fsp3) is 0.333. The lowest BCUT2D eigenvalue weighted by Crippen LogP contribution is -2.43. The molecule has 7 heteroatoms. The summed E-state index contributed by atoms with van der Waals surface area (Å²) in [7, 11) is 0. The zero-order valence-electron chi connectivity index (χ0n) is 7.59. The summed E-state index contributed by atoms with van der Waals surface area (Å²) in [6.07, 6.45) is -6.84. The van der Waals surface area contributed by atoms with E-state index in [9.17, 15) is 13.2 Å². The molecule has 16 heavy (non-hydrogen) atoms. The van der Waals surface area contributed by atoms with E-state index >= 15 is 0 Å². The van der Waals surface area contributed by atoms with Crippen molar-refractivity contribution in [2.45, 2.75) is 17.3 Å². The number of hydrogen-bond acceptors (Lipinski definition) is 2. The van der Waals surface area contributed by atoms with E-state index in [0.717, 1.165) is 0 Å². The van der Waals surface area contributed by atoms with Crippen LogP contribution >= 0.6 is 23.2 Å². The topological polar surface area (TPSA) is 18.5 Å². The molecule has 0 aliphatic carbocycles. The smallest absolute Gasteiger partial charge is 0.447 e. The predicted molar refractivity (Wildman–Crippen MR) is 52.0 cm³/mol. The van der Waals surface area contributed by atoms with Gasteiger partial charge in [-0.05, 0) is 17.7 Å². The minimum Gasteiger partial charge on any atom is -0.447 e. The van der Waals surface area contributed by atoms with Gasteiger partial charge in [-0.3, -0.25) is 0 Å². The first kappa shape index (κ1) is 11.7. The lowest BCUT2D eigenvalue weighted by molar-refractivity contribution is -0.281. The van der Waals surface area contributed by atoms with E-state index in [2.05, 4.69) is 9.47 Å². The van der Waals surface area contributed by atoms with Crippen LogP contribution in [0.15, 0.2) is 18.2 Å². The highest BCUT2D eigenvalue weighted by Crippen LogP contribution is 2.42. The normalized spacial score (nSPS) is 22.2. The fourth-order valence-corrected chi connectivity index (χ4v) is 1.48. The average Bonchev–Trinajstić information content (AvgIpc) is 2.18. The molecule has 0 bridgehead atoms. The van der Waals surface area contributed by atoms with E-state index in [1.54, 1.807) is 0 Å². The summed E-state index contributed by atoms with van der Waals surface area (Å²) in [5, 5.41) is 0. The van der Waals surface area contributed by atoms with Crippen LogP contribution in [0, 0.1) is 0 Å². The highest BCUT2D eigenvalue weighted by molar-refractivity contribution is 6.44. The van der Waals surface area contributed by atoms with Crippen LogP contribution in [0.2, 0.25) is 0 Å². The first-order valence-corrected chi connectivity index (χ1v) is 5.07. The van der Waals surface area contributed by atoms with E-state index in [1.807, 2.05) is 0 Å². The zero-order chi connectivity index (χ0) is 11.9. The van der Waals surface area contributed by atoms with Gasteiger partial charge in [0.15, 0.2) is 11.5 Å². The number of ether oxygens (including phenoxy) is 2. The van der Waals surface area contributed by atoms with Crippen molar-refractivity contribution >= 4 is 23.2 Å². The van der Waals surface area contributed by atoms with Crippen molar-refractivity contribution in [2.24, 2.45) is 0 Å². The largest absolute Gasteiger partial charge is 0.468 e. The SMILES string of the molecule is FC1Oc2ccc(C(Cl)Cl)cc2OC1(F)F. The highest BCUT2D eigenvalue weighted by atomic mass is 35.5. The Hall–Kier alpha value is -0.810. The van der Waals surface area contributed by atoms with E-state index in [1.165, 1.54) is 18.2 Å². The van der Waals surface area contributed by atoms with E-state index in [-0.39, 0.29) is 11.5 Å². The molecular weight excluding hydrogens is 268 g/mol. The van der Waals surface area contributed by atoms with E-state index in [4.69, 9.17) is 23.2 Å². The number of alkyl halides is 5. The number of fused-ring (bicyclic) bond motifs is 1. The van der Waals surface area contributed by atoms with Gasteiger partial charge < -0.3 is 9.47 Å². The van der Waals surface area contributed by atoms with Crippen molar-refractivity contribution < 1.29 is 22.6 Å². The average molecular weight is 273 g/mol. The summed E-state index contributed by atoms with van der Waals surface area (Å²) in [5.41, 5.74) is 0.360. The van der Waals surface area contributed by atoms with Crippen LogP contribution in [0.25, 0.3) is 0 Å². The summed E-state index contributed by atoms with van der Waals surface area (Å²) < 4.78 is 46.9. The third-order valence-electron chi connectivity index (χ3n) is 1.96. The molecule has 0 saturated heterocycles. The molecule has 0 fully saturated rings. The molecule has 0 N–H and O–H groups in total. The molecule has 1 aliphatic rings. The molecule has 0 radical (unpaired) electrons. The van der Waals surface area contributed by atoms with Crippen LogP contribution in [-0.2, 0) is 0 Å². The Morgan fingerprint density at radius 3 is 2.56 bits per heavy atom. The summed E-state index contributed by atoms with van der Waals surface area (Å²) >= 11 is 11.1. The standard InChI is InChI=1S/C9H5Cl2F3O2/c10-7(11)4-1-2-5-6(3-4)16-9(13,14)8(12)15-5/h1-3,7-8H. The molecule has 88 valence electrons. The third kappa shape index (κ3) is 2.01. The molecule has 1 heterocycles. The van der Waals surface area contributed by atoms with E-state index in [0.29, 0.717) is 5.56 Å². The van der Waals surface area contributed by atoms with Gasteiger partial charge in [-0.1, -0.05) is 6.07 Å². The lowest BCUT2D eigenvalue weighted by Gasteiger charge is -2.28. The number of hydrogen-bond donors (Lipinski definition) is 0. The Morgan fingerprint density at radius 2 is 1.94 bits per heavy atom. The maximum absolute atomic E-state index is 12.8. The van der Waals surface area contributed by atoms with Crippen LogP contribution in [0.3, 0.4) is 0 Å². The van der Waals surface area contributed by atoms with Gasteiger partial charge in [-0.2, -0.15) is 13.2 Å². The summed E-state index contributed by atoms with van der Waals surface area (Å²) in [6.45, 7) is 0. The second kappa shape index (κ2) is 3.89. The summed E-state index contributed by atoms with van der Waals surface area (Å²) in [5.74, 6) is -0.404.